The second kappa shape index (κ2) is 6.41. The van der Waals surface area contributed by atoms with Crippen molar-refractivity contribution in [2.24, 2.45) is 7.05 Å². The van der Waals surface area contributed by atoms with E-state index in [1.54, 1.807) is 12.3 Å². The fourth-order valence-corrected chi connectivity index (χ4v) is 3.67. The Morgan fingerprint density at radius 1 is 1.27 bits per heavy atom. The molecule has 0 radical (unpaired) electrons. The number of rotatable bonds is 3. The van der Waals surface area contributed by atoms with E-state index in [0.717, 1.165) is 25.1 Å². The van der Waals surface area contributed by atoms with Gasteiger partial charge in [-0.2, -0.15) is 4.98 Å². The Hall–Kier alpha value is -2.38. The number of hydrogen-bond acceptors (Lipinski definition) is 6. The molecule has 0 spiro atoms. The number of hydrogen-bond donors (Lipinski definition) is 1. The highest BCUT2D eigenvalue weighted by atomic mass is 35.5. The summed E-state index contributed by atoms with van der Waals surface area (Å²) in [5.41, 5.74) is 2.57. The van der Waals surface area contributed by atoms with E-state index in [2.05, 4.69) is 26.9 Å². The van der Waals surface area contributed by atoms with Crippen molar-refractivity contribution in [3.63, 3.8) is 0 Å². The van der Waals surface area contributed by atoms with Crippen molar-refractivity contribution < 1.29 is 9.84 Å². The van der Waals surface area contributed by atoms with Crippen LogP contribution in [0.5, 0.6) is 11.6 Å². The molecule has 1 aliphatic heterocycles. The predicted molar refractivity (Wildman–Crippen MR) is 99.7 cm³/mol. The van der Waals surface area contributed by atoms with Gasteiger partial charge in [0.15, 0.2) is 5.65 Å². The molecule has 1 aromatic carbocycles. The largest absolute Gasteiger partial charge is 0.507 e. The van der Waals surface area contributed by atoms with Crippen molar-refractivity contribution in [3.8, 4) is 23.0 Å². The lowest BCUT2D eigenvalue weighted by molar-refractivity contribution is 0.200. The smallest absolute Gasteiger partial charge is 0.234 e. The standard InChI is InChI=1S/C18H20ClN5O2/c1-10-6-11(19)7-13(25)15(10)17-22-16-18(24(17)3)20-8-14(21-16)26-12-4-5-23(2)9-12/h6-8,12,25H,4-5,9H2,1-3H3. The molecule has 0 saturated carbocycles. The van der Waals surface area contributed by atoms with Gasteiger partial charge in [-0.05, 0) is 38.1 Å². The van der Waals surface area contributed by atoms with Gasteiger partial charge in [0.1, 0.15) is 17.7 Å². The van der Waals surface area contributed by atoms with Crippen molar-refractivity contribution in [2.75, 3.05) is 20.1 Å². The third kappa shape index (κ3) is 2.97. The number of aryl methyl sites for hydroxylation is 2. The fraction of sp³-hybridized carbons (Fsp3) is 0.389. The van der Waals surface area contributed by atoms with Crippen LogP contribution < -0.4 is 4.74 Å². The van der Waals surface area contributed by atoms with Crippen LogP contribution in [0.2, 0.25) is 5.02 Å². The molecule has 26 heavy (non-hydrogen) atoms. The van der Waals surface area contributed by atoms with Crippen LogP contribution >= 0.6 is 11.6 Å². The Morgan fingerprint density at radius 3 is 2.77 bits per heavy atom. The van der Waals surface area contributed by atoms with Gasteiger partial charge in [-0.3, -0.25) is 0 Å². The van der Waals surface area contributed by atoms with Gasteiger partial charge >= 0.3 is 0 Å². The molecule has 4 rings (SSSR count). The van der Waals surface area contributed by atoms with Crippen molar-refractivity contribution in [1.29, 1.82) is 0 Å². The van der Waals surface area contributed by atoms with E-state index in [4.69, 9.17) is 16.3 Å². The van der Waals surface area contributed by atoms with E-state index >= 15 is 0 Å². The van der Waals surface area contributed by atoms with Crippen LogP contribution in [0.25, 0.3) is 22.7 Å². The summed E-state index contributed by atoms with van der Waals surface area (Å²) in [7, 11) is 3.92. The molecule has 0 bridgehead atoms. The number of halogens is 1. The molecular formula is C18H20ClN5O2. The number of imidazole rings is 1. The van der Waals surface area contributed by atoms with Crippen molar-refractivity contribution in [3.05, 3.63) is 28.9 Å². The molecule has 7 nitrogen and oxygen atoms in total. The summed E-state index contributed by atoms with van der Waals surface area (Å²) in [5.74, 6) is 1.14. The topological polar surface area (TPSA) is 76.3 Å². The molecule has 3 aromatic rings. The quantitative estimate of drug-likeness (QED) is 0.760. The monoisotopic (exact) mass is 373 g/mol. The van der Waals surface area contributed by atoms with Gasteiger partial charge in [-0.1, -0.05) is 11.6 Å². The lowest BCUT2D eigenvalue weighted by Crippen LogP contribution is -2.21. The van der Waals surface area contributed by atoms with Crippen LogP contribution in [0.1, 0.15) is 12.0 Å². The SMILES string of the molecule is Cc1cc(Cl)cc(O)c1-c1nc2nc(OC3CCN(C)C3)cnc2n1C. The van der Waals surface area contributed by atoms with Crippen LogP contribution in [-0.2, 0) is 7.05 Å². The zero-order chi connectivity index (χ0) is 18.4. The number of phenolic OH excluding ortho intramolecular Hbond substituents is 1. The maximum Gasteiger partial charge on any atom is 0.234 e. The third-order valence-electron chi connectivity index (χ3n) is 4.70. The van der Waals surface area contributed by atoms with Gasteiger partial charge in [0.05, 0.1) is 11.8 Å². The molecule has 1 unspecified atom stereocenters. The van der Waals surface area contributed by atoms with E-state index in [1.807, 2.05) is 18.5 Å². The molecule has 1 saturated heterocycles. The van der Waals surface area contributed by atoms with Crippen molar-refractivity contribution in [2.45, 2.75) is 19.4 Å². The summed E-state index contributed by atoms with van der Waals surface area (Å²) in [6, 6.07) is 3.30. The summed E-state index contributed by atoms with van der Waals surface area (Å²) < 4.78 is 7.75. The summed E-state index contributed by atoms with van der Waals surface area (Å²) in [6.07, 6.45) is 2.72. The van der Waals surface area contributed by atoms with E-state index in [-0.39, 0.29) is 11.9 Å². The lowest BCUT2D eigenvalue weighted by atomic mass is 10.1. The Bertz CT molecular complexity index is 964. The minimum Gasteiger partial charge on any atom is -0.507 e. The number of aromatic nitrogens is 4. The van der Waals surface area contributed by atoms with Crippen molar-refractivity contribution in [1.82, 2.24) is 24.4 Å². The Kier molecular flexibility index (Phi) is 4.20. The zero-order valence-electron chi connectivity index (χ0n) is 14.9. The minimum absolute atomic E-state index is 0.0823. The summed E-state index contributed by atoms with van der Waals surface area (Å²) in [4.78, 5) is 15.8. The molecule has 1 aliphatic rings. The number of fused-ring (bicyclic) bond motifs is 1. The van der Waals surface area contributed by atoms with Gasteiger partial charge in [-0.25, -0.2) is 9.97 Å². The highest BCUT2D eigenvalue weighted by Gasteiger charge is 2.23. The average Bonchev–Trinajstić information content (AvgIpc) is 3.10. The minimum atomic E-state index is 0.0823. The van der Waals surface area contributed by atoms with Crippen molar-refractivity contribution >= 4 is 22.9 Å². The van der Waals surface area contributed by atoms with E-state index in [9.17, 15) is 5.11 Å². The summed E-state index contributed by atoms with van der Waals surface area (Å²) >= 11 is 6.01. The number of phenols is 1. The van der Waals surface area contributed by atoms with Gasteiger partial charge in [0.25, 0.3) is 0 Å². The number of aromatic hydroxyl groups is 1. The molecule has 3 heterocycles. The summed E-state index contributed by atoms with van der Waals surface area (Å²) in [6.45, 7) is 3.78. The molecule has 0 aliphatic carbocycles. The number of likely N-dealkylation sites (N-methyl/N-ethyl adjacent to an activating group) is 1. The number of benzene rings is 1. The van der Waals surface area contributed by atoms with E-state index in [0.29, 0.717) is 33.6 Å². The molecule has 0 amide bonds. The number of ether oxygens (including phenoxy) is 1. The lowest BCUT2D eigenvalue weighted by Gasteiger charge is -2.12. The Labute approximate surface area is 156 Å². The molecule has 2 aromatic heterocycles. The first-order chi connectivity index (χ1) is 12.4. The third-order valence-corrected chi connectivity index (χ3v) is 4.92. The molecular weight excluding hydrogens is 354 g/mol. The fourth-order valence-electron chi connectivity index (χ4n) is 3.40. The second-order valence-electron chi connectivity index (χ2n) is 6.76. The van der Waals surface area contributed by atoms with Crippen LogP contribution in [-0.4, -0.2) is 55.8 Å². The molecule has 136 valence electrons. The van der Waals surface area contributed by atoms with Crippen LogP contribution in [0.15, 0.2) is 18.3 Å². The Morgan fingerprint density at radius 2 is 2.08 bits per heavy atom. The molecule has 1 N–H and O–H groups in total. The van der Waals surface area contributed by atoms with Crippen LogP contribution in [0.4, 0.5) is 0 Å². The van der Waals surface area contributed by atoms with E-state index in [1.165, 1.54) is 6.07 Å². The Balaban J connectivity index is 1.73. The van der Waals surface area contributed by atoms with Crippen LogP contribution in [0, 0.1) is 6.92 Å². The first-order valence-electron chi connectivity index (χ1n) is 8.46. The van der Waals surface area contributed by atoms with Gasteiger partial charge < -0.3 is 19.3 Å². The predicted octanol–water partition coefficient (Wildman–Crippen LogP) is 2.78. The molecule has 1 fully saturated rings. The van der Waals surface area contributed by atoms with Gasteiger partial charge in [-0.15, -0.1) is 0 Å². The van der Waals surface area contributed by atoms with Gasteiger partial charge in [0.2, 0.25) is 11.5 Å². The number of likely N-dealkylation sites (tertiary alicyclic amines) is 1. The second-order valence-corrected chi connectivity index (χ2v) is 7.19. The highest BCUT2D eigenvalue weighted by Crippen LogP contribution is 2.35. The van der Waals surface area contributed by atoms with Gasteiger partial charge in [0, 0.05) is 25.2 Å². The maximum atomic E-state index is 10.3. The number of nitrogens with zero attached hydrogens (tertiary/aromatic N) is 5. The molecule has 1 atom stereocenters. The average molecular weight is 374 g/mol. The first kappa shape index (κ1) is 17.1. The highest BCUT2D eigenvalue weighted by molar-refractivity contribution is 6.31. The first-order valence-corrected chi connectivity index (χ1v) is 8.84. The van der Waals surface area contributed by atoms with E-state index < -0.39 is 0 Å². The van der Waals surface area contributed by atoms with Crippen LogP contribution in [0.3, 0.4) is 0 Å². The normalized spacial score (nSPS) is 17.9. The zero-order valence-corrected chi connectivity index (χ0v) is 15.7. The molecule has 8 heteroatoms. The maximum absolute atomic E-state index is 10.3. The summed E-state index contributed by atoms with van der Waals surface area (Å²) in [5, 5.41) is 10.8.